The van der Waals surface area contributed by atoms with Crippen molar-refractivity contribution in [1.82, 2.24) is 19.5 Å². The molecule has 2 aromatic heterocycles. The van der Waals surface area contributed by atoms with Gasteiger partial charge >= 0.3 is 364 Å². The molecule has 0 spiro atoms. The molecule has 2 heterocycles. The van der Waals surface area contributed by atoms with Gasteiger partial charge in [-0.1, -0.05) is 71.8 Å². The fourth-order valence-electron chi connectivity index (χ4n) is 11.1. The van der Waals surface area contributed by atoms with Gasteiger partial charge in [0.1, 0.15) is 0 Å². The molecule has 0 fully saturated rings. The van der Waals surface area contributed by atoms with Gasteiger partial charge in [0.25, 0.3) is 0 Å². The zero-order chi connectivity index (χ0) is 51.0. The van der Waals surface area contributed by atoms with Crippen molar-refractivity contribution in [1.29, 1.82) is 0 Å². The first-order valence-corrected chi connectivity index (χ1v) is 30.2. The summed E-state index contributed by atoms with van der Waals surface area (Å²) in [6, 6.07) is 102. The third kappa shape index (κ3) is 8.53. The maximum absolute atomic E-state index is 5.46. The minimum atomic E-state index is -3.64. The second-order valence-corrected chi connectivity index (χ2v) is 27.7. The van der Waals surface area contributed by atoms with E-state index < -0.39 is 13.3 Å². The summed E-state index contributed by atoms with van der Waals surface area (Å²) >= 11 is -3.64. The first-order valence-electron chi connectivity index (χ1n) is 26.0. The van der Waals surface area contributed by atoms with Crippen LogP contribution < -0.4 is 17.6 Å². The van der Waals surface area contributed by atoms with Gasteiger partial charge in [0.05, 0.1) is 0 Å². The third-order valence-corrected chi connectivity index (χ3v) is 25.0. The molecule has 0 bridgehead atoms. The Bertz CT molecular complexity index is 3940. The van der Waals surface area contributed by atoms with Crippen LogP contribution in [0.4, 0.5) is 0 Å². The second kappa shape index (κ2) is 19.9. The van der Waals surface area contributed by atoms with E-state index in [1.165, 1.54) is 50.6 Å². The van der Waals surface area contributed by atoms with Crippen LogP contribution in [0.15, 0.2) is 279 Å². The van der Waals surface area contributed by atoms with E-state index in [1.54, 1.807) is 0 Å². The Morgan fingerprint density at radius 1 is 0.276 bits per heavy atom. The Morgan fingerprint density at radius 2 is 0.632 bits per heavy atom. The fraction of sp³-hybridized carbons (Fsp3) is 0.0282. The second-order valence-electron chi connectivity index (χ2n) is 19.7. The molecule has 13 aromatic rings. The molecule has 0 atom stereocenters. The topological polar surface area (TPSA) is 43.6 Å². The van der Waals surface area contributed by atoms with Crippen LogP contribution in [-0.4, -0.2) is 32.8 Å². The fourth-order valence-corrected chi connectivity index (χ4v) is 21.2. The molecule has 11 aromatic carbocycles. The van der Waals surface area contributed by atoms with E-state index in [1.807, 2.05) is 36.4 Å². The molecule has 0 unspecified atom stereocenters. The molecule has 0 saturated heterocycles. The molecule has 360 valence electrons. The number of hydrogen-bond donors (Lipinski definition) is 0. The Kier molecular flexibility index (Phi) is 12.2. The number of aromatic nitrogens is 4. The van der Waals surface area contributed by atoms with E-state index in [2.05, 4.69) is 261 Å². The predicted molar refractivity (Wildman–Crippen MR) is 320 cm³/mol. The Labute approximate surface area is 446 Å². The van der Waals surface area contributed by atoms with Crippen molar-refractivity contribution in [2.75, 3.05) is 0 Å². The summed E-state index contributed by atoms with van der Waals surface area (Å²) in [6.45, 7) is 4.28. The van der Waals surface area contributed by atoms with E-state index in [9.17, 15) is 0 Å². The molecule has 0 saturated carbocycles. The average Bonchev–Trinajstić information content (AvgIpc) is 3.83. The van der Waals surface area contributed by atoms with Crippen LogP contribution in [0.25, 0.3) is 95.0 Å². The number of hydrogen-bond acceptors (Lipinski definition) is 3. The van der Waals surface area contributed by atoms with E-state index >= 15 is 0 Å². The minimum absolute atomic E-state index is 0.588. The van der Waals surface area contributed by atoms with Gasteiger partial charge in [-0.25, -0.2) is 0 Å². The standard InChI is InChI=1S/C71H52GeN4/c1-49-31-35-51(36-32-49)57-39-42-63-64-43-40-58(52-37-33-50(2)34-38-52)48-68(64)76(67(63)47-57)66-44-41-56(46-65(66)71-74-69(53-19-8-3-9-20-53)73-70(75-71)54-21-10-4-11-22-54)55-23-18-30-62(45-55)72(59-24-12-5-13-25-59,60-26-14-6-15-27-60)61-28-16-7-17-29-61/h3-48H,1-2H3. The third-order valence-electron chi connectivity index (χ3n) is 15.0. The van der Waals surface area contributed by atoms with Gasteiger partial charge in [0, 0.05) is 0 Å². The van der Waals surface area contributed by atoms with Gasteiger partial charge in [0.15, 0.2) is 0 Å². The molecule has 13 rings (SSSR count). The van der Waals surface area contributed by atoms with E-state index in [0.717, 1.165) is 55.7 Å². The van der Waals surface area contributed by atoms with E-state index in [0.29, 0.717) is 17.5 Å². The maximum atomic E-state index is 5.46. The molecule has 0 amide bonds. The van der Waals surface area contributed by atoms with Crippen molar-refractivity contribution in [2.24, 2.45) is 0 Å². The van der Waals surface area contributed by atoms with Gasteiger partial charge < -0.3 is 0 Å². The molecule has 0 aliphatic rings. The number of fused-ring (bicyclic) bond motifs is 3. The molecule has 0 aliphatic carbocycles. The monoisotopic (exact) mass is 1030 g/mol. The molecule has 0 radical (unpaired) electrons. The number of aryl methyl sites for hydroxylation is 2. The Balaban J connectivity index is 1.10. The van der Waals surface area contributed by atoms with Crippen LogP contribution in [0.2, 0.25) is 0 Å². The zero-order valence-electron chi connectivity index (χ0n) is 42.3. The molecule has 76 heavy (non-hydrogen) atoms. The normalized spacial score (nSPS) is 11.6. The van der Waals surface area contributed by atoms with E-state index in [4.69, 9.17) is 15.0 Å². The van der Waals surface area contributed by atoms with Crippen LogP contribution in [0.1, 0.15) is 11.1 Å². The Hall–Kier alpha value is -9.23. The number of rotatable bonds is 11. The summed E-state index contributed by atoms with van der Waals surface area (Å²) in [4.78, 5) is 16.1. The van der Waals surface area contributed by atoms with E-state index in [-0.39, 0.29) is 0 Å². The van der Waals surface area contributed by atoms with Crippen LogP contribution in [0.5, 0.6) is 0 Å². The summed E-state index contributed by atoms with van der Waals surface area (Å²) in [5.41, 5.74) is 15.2. The molecular formula is C71H52GeN4. The summed E-state index contributed by atoms with van der Waals surface area (Å²) in [5, 5.41) is 2.33. The first kappa shape index (κ1) is 46.6. The SMILES string of the molecule is Cc1ccc(-c2ccc3c4ccc(-c5ccc(C)cc5)cc4n(-c4ccc(-c5ccc[c]([Ge]([c]6ccccc6)([c]6ccccc6)[c]6ccccc6)c5)cc4-c4nc(-c5ccccc5)nc(-c5ccccc5)n4)c3c2)cc1. The van der Waals surface area contributed by atoms with Crippen LogP contribution in [-0.2, 0) is 0 Å². The van der Waals surface area contributed by atoms with Gasteiger partial charge in [-0.05, 0) is 13.8 Å². The van der Waals surface area contributed by atoms with Crippen molar-refractivity contribution < 1.29 is 0 Å². The summed E-state index contributed by atoms with van der Waals surface area (Å²) in [5.74, 6) is 1.81. The van der Waals surface area contributed by atoms with Gasteiger partial charge in [-0.15, -0.1) is 0 Å². The van der Waals surface area contributed by atoms with Crippen molar-refractivity contribution in [3.8, 4) is 73.2 Å². The maximum Gasteiger partial charge on any atom is -0.0541 e. The van der Waals surface area contributed by atoms with Crippen molar-refractivity contribution in [2.45, 2.75) is 13.8 Å². The minimum Gasteiger partial charge on any atom is -0.0587 e. The summed E-state index contributed by atoms with van der Waals surface area (Å²) < 4.78 is 7.92. The smallest absolute Gasteiger partial charge is 0.0541 e. The zero-order valence-corrected chi connectivity index (χ0v) is 44.4. The van der Waals surface area contributed by atoms with Crippen LogP contribution in [0, 0.1) is 13.8 Å². The summed E-state index contributed by atoms with van der Waals surface area (Å²) in [6.07, 6.45) is 0. The van der Waals surface area contributed by atoms with Crippen molar-refractivity contribution in [3.05, 3.63) is 290 Å². The van der Waals surface area contributed by atoms with Crippen LogP contribution in [0.3, 0.4) is 0 Å². The Morgan fingerprint density at radius 3 is 1.09 bits per heavy atom. The molecule has 5 heteroatoms. The van der Waals surface area contributed by atoms with Gasteiger partial charge in [-0.2, -0.15) is 0 Å². The van der Waals surface area contributed by atoms with Crippen LogP contribution >= 0.6 is 0 Å². The molecular weight excluding hydrogens is 981 g/mol. The first-order chi connectivity index (χ1) is 37.5. The largest absolute Gasteiger partial charge is 0.0587 e. The number of benzene rings is 11. The van der Waals surface area contributed by atoms with Crippen molar-refractivity contribution >= 4 is 52.7 Å². The quantitative estimate of drug-likeness (QED) is 0.121. The summed E-state index contributed by atoms with van der Waals surface area (Å²) in [7, 11) is 0. The predicted octanol–water partition coefficient (Wildman–Crippen LogP) is 15.0. The molecule has 0 aliphatic heterocycles. The molecule has 0 N–H and O–H groups in total. The van der Waals surface area contributed by atoms with Crippen molar-refractivity contribution in [3.63, 3.8) is 0 Å². The average molecular weight is 1030 g/mol. The molecule has 4 nitrogen and oxygen atoms in total. The van der Waals surface area contributed by atoms with Gasteiger partial charge in [0.2, 0.25) is 0 Å². The van der Waals surface area contributed by atoms with Gasteiger partial charge in [-0.3, -0.25) is 0 Å². The number of nitrogens with zero attached hydrogens (tertiary/aromatic N) is 4.